The maximum atomic E-state index is 5.69. The maximum Gasteiger partial charge on any atom is 0.191 e. The third kappa shape index (κ3) is 5.21. The van der Waals surface area contributed by atoms with Crippen LogP contribution < -0.4 is 15.4 Å². The second-order valence-electron chi connectivity index (χ2n) is 6.58. The van der Waals surface area contributed by atoms with Crippen LogP contribution in [0.5, 0.6) is 5.75 Å². The van der Waals surface area contributed by atoms with Crippen LogP contribution >= 0.6 is 0 Å². The lowest BCUT2D eigenvalue weighted by molar-refractivity contribution is 0.336. The van der Waals surface area contributed by atoms with Crippen LogP contribution in [0, 0.1) is 0 Å². The summed E-state index contributed by atoms with van der Waals surface area (Å²) in [4.78, 5) is 4.71. The lowest BCUT2D eigenvalue weighted by Crippen LogP contribution is -2.37. The number of nitrogens with one attached hydrogen (secondary N) is 2. The summed E-state index contributed by atoms with van der Waals surface area (Å²) in [5, 5.41) is 15.4. The maximum absolute atomic E-state index is 5.69. The summed E-state index contributed by atoms with van der Waals surface area (Å²) in [5.74, 6) is 3.75. The van der Waals surface area contributed by atoms with Crippen LogP contribution in [0.25, 0.3) is 0 Å². The van der Waals surface area contributed by atoms with Gasteiger partial charge in [0.05, 0.1) is 19.7 Å². The largest absolute Gasteiger partial charge is 0.494 e. The molecule has 2 aromatic rings. The molecular weight excluding hydrogens is 340 g/mol. The van der Waals surface area contributed by atoms with Crippen LogP contribution in [0.3, 0.4) is 0 Å². The SMILES string of the molecule is CCNC(=NCc1ccccc1OCC)NCc1nnc2n1CCCCC2. The zero-order valence-corrected chi connectivity index (χ0v) is 16.4. The average Bonchev–Trinajstić information content (AvgIpc) is 2.91. The number of para-hydroxylation sites is 1. The van der Waals surface area contributed by atoms with Crippen molar-refractivity contribution < 1.29 is 4.74 Å². The van der Waals surface area contributed by atoms with Crippen molar-refractivity contribution in [1.82, 2.24) is 25.4 Å². The third-order valence-corrected chi connectivity index (χ3v) is 4.62. The quantitative estimate of drug-likeness (QED) is 0.579. The first kappa shape index (κ1) is 19.2. The smallest absolute Gasteiger partial charge is 0.191 e. The van der Waals surface area contributed by atoms with Gasteiger partial charge in [-0.25, -0.2) is 4.99 Å². The molecule has 1 aromatic heterocycles. The Bertz CT molecular complexity index is 755. The van der Waals surface area contributed by atoms with Crippen molar-refractivity contribution in [1.29, 1.82) is 0 Å². The average molecular weight is 371 g/mol. The van der Waals surface area contributed by atoms with Gasteiger partial charge in [-0.15, -0.1) is 10.2 Å². The Kier molecular flexibility index (Phi) is 7.07. The van der Waals surface area contributed by atoms with E-state index in [2.05, 4.69) is 38.4 Å². The lowest BCUT2D eigenvalue weighted by atomic mass is 10.2. The summed E-state index contributed by atoms with van der Waals surface area (Å²) in [6.07, 6.45) is 4.68. The molecule has 0 amide bonds. The number of ether oxygens (including phenoxy) is 1. The molecule has 0 bridgehead atoms. The van der Waals surface area contributed by atoms with Gasteiger partial charge in [-0.1, -0.05) is 24.6 Å². The van der Waals surface area contributed by atoms with Crippen LogP contribution in [0.1, 0.15) is 50.3 Å². The Morgan fingerprint density at radius 2 is 2.04 bits per heavy atom. The van der Waals surface area contributed by atoms with E-state index in [1.807, 2.05) is 25.1 Å². The number of hydrogen-bond acceptors (Lipinski definition) is 4. The highest BCUT2D eigenvalue weighted by molar-refractivity contribution is 5.79. The van der Waals surface area contributed by atoms with E-state index in [0.717, 1.165) is 48.4 Å². The summed E-state index contributed by atoms with van der Waals surface area (Å²) < 4.78 is 7.95. The third-order valence-electron chi connectivity index (χ3n) is 4.62. The second-order valence-corrected chi connectivity index (χ2v) is 6.58. The zero-order valence-electron chi connectivity index (χ0n) is 16.4. The Morgan fingerprint density at radius 1 is 1.15 bits per heavy atom. The Labute approximate surface area is 161 Å². The van der Waals surface area contributed by atoms with Gasteiger partial charge < -0.3 is 19.9 Å². The van der Waals surface area contributed by atoms with Gasteiger partial charge in [-0.2, -0.15) is 0 Å². The highest BCUT2D eigenvalue weighted by atomic mass is 16.5. The van der Waals surface area contributed by atoms with E-state index < -0.39 is 0 Å². The van der Waals surface area contributed by atoms with Crippen molar-refractivity contribution in [3.8, 4) is 5.75 Å². The topological polar surface area (TPSA) is 76.4 Å². The van der Waals surface area contributed by atoms with Crippen molar-refractivity contribution in [2.45, 2.75) is 59.2 Å². The molecule has 3 rings (SSSR count). The zero-order chi connectivity index (χ0) is 18.9. The number of nitrogens with zero attached hydrogens (tertiary/aromatic N) is 4. The molecule has 1 aliphatic rings. The first-order valence-corrected chi connectivity index (χ1v) is 9.95. The van der Waals surface area contributed by atoms with Gasteiger partial charge in [0.2, 0.25) is 0 Å². The minimum atomic E-state index is 0.559. The Morgan fingerprint density at radius 3 is 2.89 bits per heavy atom. The van der Waals surface area contributed by atoms with Crippen molar-refractivity contribution in [3.63, 3.8) is 0 Å². The first-order chi connectivity index (χ1) is 13.3. The van der Waals surface area contributed by atoms with Gasteiger partial charge in [0.1, 0.15) is 11.6 Å². The number of benzene rings is 1. The molecule has 0 spiro atoms. The fraction of sp³-hybridized carbons (Fsp3) is 0.550. The van der Waals surface area contributed by atoms with Crippen molar-refractivity contribution in [2.24, 2.45) is 4.99 Å². The highest BCUT2D eigenvalue weighted by Crippen LogP contribution is 2.18. The lowest BCUT2D eigenvalue weighted by Gasteiger charge is -2.13. The molecule has 1 aliphatic heterocycles. The van der Waals surface area contributed by atoms with E-state index in [-0.39, 0.29) is 0 Å². The molecule has 7 nitrogen and oxygen atoms in total. The number of aryl methyl sites for hydroxylation is 1. The molecule has 0 fully saturated rings. The summed E-state index contributed by atoms with van der Waals surface area (Å²) in [6.45, 7) is 7.69. The Hall–Kier alpha value is -2.57. The molecule has 146 valence electrons. The minimum Gasteiger partial charge on any atom is -0.494 e. The predicted octanol–water partition coefficient (Wildman–Crippen LogP) is 2.66. The van der Waals surface area contributed by atoms with Crippen LogP contribution in [0.15, 0.2) is 29.3 Å². The van der Waals surface area contributed by atoms with Crippen LogP contribution in [0.4, 0.5) is 0 Å². The van der Waals surface area contributed by atoms with Gasteiger partial charge >= 0.3 is 0 Å². The number of fused-ring (bicyclic) bond motifs is 1. The molecule has 7 heteroatoms. The number of hydrogen-bond donors (Lipinski definition) is 2. The van der Waals surface area contributed by atoms with E-state index in [0.29, 0.717) is 19.7 Å². The van der Waals surface area contributed by atoms with Gasteiger partial charge in [-0.05, 0) is 32.8 Å². The molecule has 0 atom stereocenters. The fourth-order valence-corrected chi connectivity index (χ4v) is 3.28. The first-order valence-electron chi connectivity index (χ1n) is 9.95. The molecule has 2 heterocycles. The molecule has 0 saturated carbocycles. The highest BCUT2D eigenvalue weighted by Gasteiger charge is 2.14. The molecule has 0 aliphatic carbocycles. The molecular formula is C20H30N6O. The van der Waals surface area contributed by atoms with Gasteiger partial charge in [0, 0.05) is 25.1 Å². The normalized spacial score (nSPS) is 14.4. The van der Waals surface area contributed by atoms with E-state index in [9.17, 15) is 0 Å². The van der Waals surface area contributed by atoms with Gasteiger partial charge in [0.15, 0.2) is 11.8 Å². The Balaban J connectivity index is 1.66. The molecule has 0 saturated heterocycles. The molecule has 0 radical (unpaired) electrons. The minimum absolute atomic E-state index is 0.559. The number of aliphatic imine (C=N–C) groups is 1. The van der Waals surface area contributed by atoms with Gasteiger partial charge in [0.25, 0.3) is 0 Å². The fourth-order valence-electron chi connectivity index (χ4n) is 3.28. The molecule has 27 heavy (non-hydrogen) atoms. The van der Waals surface area contributed by atoms with E-state index in [4.69, 9.17) is 9.73 Å². The summed E-state index contributed by atoms with van der Waals surface area (Å²) in [5.41, 5.74) is 1.08. The van der Waals surface area contributed by atoms with Crippen LogP contribution in [-0.4, -0.2) is 33.9 Å². The van der Waals surface area contributed by atoms with E-state index in [1.54, 1.807) is 0 Å². The second kappa shape index (κ2) is 9.94. The summed E-state index contributed by atoms with van der Waals surface area (Å²) in [7, 11) is 0. The van der Waals surface area contributed by atoms with Gasteiger partial charge in [-0.3, -0.25) is 0 Å². The van der Waals surface area contributed by atoms with E-state index >= 15 is 0 Å². The van der Waals surface area contributed by atoms with Crippen LogP contribution in [0.2, 0.25) is 0 Å². The van der Waals surface area contributed by atoms with Crippen molar-refractivity contribution in [2.75, 3.05) is 13.2 Å². The van der Waals surface area contributed by atoms with E-state index in [1.165, 1.54) is 19.3 Å². The molecule has 0 unspecified atom stereocenters. The summed E-state index contributed by atoms with van der Waals surface area (Å²) >= 11 is 0. The number of guanidine groups is 1. The molecule has 2 N–H and O–H groups in total. The number of rotatable bonds is 7. The standard InChI is InChI=1S/C20H30N6O/c1-3-21-20(22-14-16-10-7-8-11-17(16)27-4-2)23-15-19-25-24-18-12-6-5-9-13-26(18)19/h7-8,10-11H,3-6,9,12-15H2,1-2H3,(H2,21,22,23). The summed E-state index contributed by atoms with van der Waals surface area (Å²) in [6, 6.07) is 8.04. The predicted molar refractivity (Wildman–Crippen MR) is 107 cm³/mol. The van der Waals surface area contributed by atoms with Crippen molar-refractivity contribution in [3.05, 3.63) is 41.5 Å². The monoisotopic (exact) mass is 370 g/mol. The van der Waals surface area contributed by atoms with Crippen LogP contribution in [-0.2, 0) is 26.1 Å². The van der Waals surface area contributed by atoms with Crippen molar-refractivity contribution >= 4 is 5.96 Å². The number of aromatic nitrogens is 3. The molecule has 1 aromatic carbocycles.